The third-order valence-electron chi connectivity index (χ3n) is 6.41. The number of aromatic nitrogens is 2. The van der Waals surface area contributed by atoms with E-state index in [0.717, 1.165) is 29.8 Å². The second-order valence-corrected chi connectivity index (χ2v) is 9.20. The first-order chi connectivity index (χ1) is 17.9. The van der Waals surface area contributed by atoms with E-state index in [4.69, 9.17) is 4.52 Å². The van der Waals surface area contributed by atoms with Crippen molar-refractivity contribution in [2.45, 2.75) is 27.2 Å². The minimum Gasteiger partial charge on any atom is -0.353 e. The number of likely N-dealkylation sites (N-methyl/N-ethyl adjacent to an activating group) is 2. The molecule has 2 N–H and O–H groups in total. The number of hydrazine groups is 1. The van der Waals surface area contributed by atoms with E-state index in [9.17, 15) is 9.59 Å². The number of nitrogens with zero attached hydrogens (tertiary/aromatic N) is 5. The standard InChI is InChI=1S/C27H35N7O3/c1-5-28-12-13-29-25(35)17-33(24-11-10-21(14-19(24)2)27-30-20(3)31-37-27)18-26(36)32(4)34-15-22-8-6-7-9-23(22)16-34/h6-8,10-11,14,16,28H,5,9,12-13,15,17-18H2,1-4H3,(H,29,35). The largest absolute Gasteiger partial charge is 0.353 e. The molecule has 2 aromatic rings. The Labute approximate surface area is 217 Å². The summed E-state index contributed by atoms with van der Waals surface area (Å²) in [5.41, 5.74) is 4.93. The van der Waals surface area contributed by atoms with Crippen LogP contribution in [0.25, 0.3) is 11.5 Å². The summed E-state index contributed by atoms with van der Waals surface area (Å²) in [6, 6.07) is 5.70. The lowest BCUT2D eigenvalue weighted by molar-refractivity contribution is -0.139. The predicted octanol–water partition coefficient (Wildman–Crippen LogP) is 2.34. The molecule has 196 valence electrons. The maximum atomic E-state index is 13.4. The summed E-state index contributed by atoms with van der Waals surface area (Å²) in [4.78, 5) is 32.3. The first kappa shape index (κ1) is 26.2. The third kappa shape index (κ3) is 6.45. The van der Waals surface area contributed by atoms with Crippen LogP contribution in [0.1, 0.15) is 24.7 Å². The van der Waals surface area contributed by atoms with Gasteiger partial charge in [-0.1, -0.05) is 30.3 Å². The lowest BCUT2D eigenvalue weighted by Gasteiger charge is -2.32. The van der Waals surface area contributed by atoms with Gasteiger partial charge in [-0.3, -0.25) is 19.6 Å². The SMILES string of the molecule is CCNCCNC(=O)CN(CC(=O)N(C)N1C=C2CC=CC=C2C1)c1ccc(-c2nc(C)no2)cc1C. The molecule has 1 aromatic carbocycles. The van der Waals surface area contributed by atoms with Crippen LogP contribution >= 0.6 is 0 Å². The lowest BCUT2D eigenvalue weighted by atomic mass is 10.0. The first-order valence-corrected chi connectivity index (χ1v) is 12.6. The Morgan fingerprint density at radius 3 is 2.70 bits per heavy atom. The molecule has 10 heteroatoms. The molecule has 4 rings (SSSR count). The third-order valence-corrected chi connectivity index (χ3v) is 6.41. The fourth-order valence-electron chi connectivity index (χ4n) is 4.39. The zero-order valence-electron chi connectivity index (χ0n) is 22.0. The Kier molecular flexibility index (Phi) is 8.39. The maximum Gasteiger partial charge on any atom is 0.260 e. The van der Waals surface area contributed by atoms with Crippen molar-refractivity contribution in [1.82, 2.24) is 30.8 Å². The highest BCUT2D eigenvalue weighted by atomic mass is 16.5. The Balaban J connectivity index is 1.50. The molecule has 0 radical (unpaired) electrons. The lowest BCUT2D eigenvalue weighted by Crippen LogP contribution is -2.48. The predicted molar refractivity (Wildman–Crippen MR) is 142 cm³/mol. The van der Waals surface area contributed by atoms with Crippen LogP contribution in [0.5, 0.6) is 0 Å². The van der Waals surface area contributed by atoms with Gasteiger partial charge in [-0.05, 0) is 61.7 Å². The molecular weight excluding hydrogens is 470 g/mol. The quantitative estimate of drug-likeness (QED) is 0.448. The van der Waals surface area contributed by atoms with Crippen LogP contribution in [-0.2, 0) is 9.59 Å². The number of hydrogen-bond acceptors (Lipinski definition) is 8. The number of fused-ring (bicyclic) bond motifs is 1. The Hall–Kier alpha value is -3.92. The Morgan fingerprint density at radius 1 is 1.16 bits per heavy atom. The van der Waals surface area contributed by atoms with Crippen LogP contribution in [0.4, 0.5) is 5.69 Å². The highest BCUT2D eigenvalue weighted by molar-refractivity contribution is 5.87. The number of allylic oxidation sites excluding steroid dienone is 3. The van der Waals surface area contributed by atoms with Gasteiger partial charge >= 0.3 is 0 Å². The smallest absolute Gasteiger partial charge is 0.260 e. The van der Waals surface area contributed by atoms with Gasteiger partial charge in [0.25, 0.3) is 11.8 Å². The molecule has 0 unspecified atom stereocenters. The van der Waals surface area contributed by atoms with E-state index in [2.05, 4.69) is 39.0 Å². The van der Waals surface area contributed by atoms with Crippen LogP contribution in [0.2, 0.25) is 0 Å². The second-order valence-electron chi connectivity index (χ2n) is 9.20. The number of amides is 2. The number of benzene rings is 1. The number of anilines is 1. The Bertz CT molecular complexity index is 1230. The zero-order chi connectivity index (χ0) is 26.4. The van der Waals surface area contributed by atoms with Gasteiger partial charge in [-0.2, -0.15) is 4.98 Å². The highest BCUT2D eigenvalue weighted by Gasteiger charge is 2.26. The topological polar surface area (TPSA) is 107 Å². The molecule has 0 saturated carbocycles. The summed E-state index contributed by atoms with van der Waals surface area (Å²) in [5, 5.41) is 13.5. The summed E-state index contributed by atoms with van der Waals surface area (Å²) in [6.45, 7) is 8.55. The van der Waals surface area contributed by atoms with Crippen LogP contribution < -0.4 is 15.5 Å². The summed E-state index contributed by atoms with van der Waals surface area (Å²) >= 11 is 0. The van der Waals surface area contributed by atoms with Crippen LogP contribution in [0.3, 0.4) is 0 Å². The van der Waals surface area contributed by atoms with Gasteiger partial charge in [0, 0.05) is 37.6 Å². The monoisotopic (exact) mass is 505 g/mol. The summed E-state index contributed by atoms with van der Waals surface area (Å²) in [5.74, 6) is 0.739. The van der Waals surface area contributed by atoms with Crippen molar-refractivity contribution in [3.05, 3.63) is 65.2 Å². The van der Waals surface area contributed by atoms with Gasteiger partial charge in [0.1, 0.15) is 0 Å². The first-order valence-electron chi connectivity index (χ1n) is 12.6. The molecule has 1 aromatic heterocycles. The maximum absolute atomic E-state index is 13.4. The number of aryl methyl sites for hydroxylation is 2. The molecule has 1 aliphatic carbocycles. The molecule has 2 amide bonds. The van der Waals surface area contributed by atoms with Gasteiger partial charge in [0.2, 0.25) is 5.91 Å². The molecule has 2 heterocycles. The van der Waals surface area contributed by atoms with Gasteiger partial charge in [-0.15, -0.1) is 0 Å². The van der Waals surface area contributed by atoms with Gasteiger partial charge in [-0.25, -0.2) is 0 Å². The van der Waals surface area contributed by atoms with E-state index in [1.54, 1.807) is 19.0 Å². The van der Waals surface area contributed by atoms with Crippen LogP contribution in [-0.4, -0.2) is 78.3 Å². The van der Waals surface area contributed by atoms with Crippen molar-refractivity contribution in [2.24, 2.45) is 0 Å². The van der Waals surface area contributed by atoms with Gasteiger partial charge in [0.05, 0.1) is 19.6 Å². The van der Waals surface area contributed by atoms with E-state index in [1.807, 2.05) is 48.2 Å². The van der Waals surface area contributed by atoms with E-state index in [-0.39, 0.29) is 24.9 Å². The highest BCUT2D eigenvalue weighted by Crippen LogP contribution is 2.29. The average molecular weight is 506 g/mol. The van der Waals surface area contributed by atoms with E-state index in [0.29, 0.717) is 31.3 Å². The number of nitrogens with one attached hydrogen (secondary N) is 2. The number of hydrogen-bond donors (Lipinski definition) is 2. The van der Waals surface area contributed by atoms with Crippen LogP contribution in [0, 0.1) is 13.8 Å². The fourth-order valence-corrected chi connectivity index (χ4v) is 4.39. The van der Waals surface area contributed by atoms with Gasteiger partial charge in [0.15, 0.2) is 5.82 Å². The molecule has 37 heavy (non-hydrogen) atoms. The van der Waals surface area contributed by atoms with E-state index in [1.165, 1.54) is 11.1 Å². The van der Waals surface area contributed by atoms with Crippen LogP contribution in [0.15, 0.2) is 58.3 Å². The van der Waals surface area contributed by atoms with Crippen molar-refractivity contribution in [2.75, 3.05) is 51.2 Å². The minimum absolute atomic E-state index is 0.0496. The molecule has 0 saturated heterocycles. The minimum atomic E-state index is -0.144. The average Bonchev–Trinajstić information content (AvgIpc) is 3.52. The van der Waals surface area contributed by atoms with Gasteiger partial charge < -0.3 is 20.1 Å². The van der Waals surface area contributed by atoms with Crippen molar-refractivity contribution in [3.8, 4) is 11.5 Å². The van der Waals surface area contributed by atoms with E-state index < -0.39 is 0 Å². The zero-order valence-corrected chi connectivity index (χ0v) is 22.0. The summed E-state index contributed by atoms with van der Waals surface area (Å²) < 4.78 is 5.30. The second kappa shape index (κ2) is 11.9. The molecular formula is C27H35N7O3. The number of carbonyl (C=O) groups excluding carboxylic acids is 2. The number of rotatable bonds is 11. The van der Waals surface area contributed by atoms with Crippen molar-refractivity contribution < 1.29 is 14.1 Å². The molecule has 1 aliphatic heterocycles. The molecule has 0 fully saturated rings. The molecule has 0 atom stereocenters. The molecule has 0 spiro atoms. The Morgan fingerprint density at radius 2 is 2.00 bits per heavy atom. The molecule has 0 bridgehead atoms. The normalized spacial score (nSPS) is 14.2. The van der Waals surface area contributed by atoms with Crippen molar-refractivity contribution >= 4 is 17.5 Å². The van der Waals surface area contributed by atoms with Crippen molar-refractivity contribution in [3.63, 3.8) is 0 Å². The van der Waals surface area contributed by atoms with Crippen molar-refractivity contribution in [1.29, 1.82) is 0 Å². The summed E-state index contributed by atoms with van der Waals surface area (Å²) in [6.07, 6.45) is 9.15. The van der Waals surface area contributed by atoms with E-state index >= 15 is 0 Å². The molecule has 2 aliphatic rings. The summed E-state index contributed by atoms with van der Waals surface area (Å²) in [7, 11) is 1.77. The fraction of sp³-hybridized carbons (Fsp3) is 0.407. The number of carbonyl (C=O) groups is 2. The molecule has 10 nitrogen and oxygen atoms in total.